The minimum absolute atomic E-state index is 0.00213. The number of allylic oxidation sites excluding steroid dienone is 2. The van der Waals surface area contributed by atoms with Crippen molar-refractivity contribution in [3.63, 3.8) is 0 Å². The van der Waals surface area contributed by atoms with Gasteiger partial charge in [-0.15, -0.1) is 18.2 Å². The maximum absolute atomic E-state index is 6.39. The van der Waals surface area contributed by atoms with Gasteiger partial charge in [0, 0.05) is 0 Å². The van der Waals surface area contributed by atoms with Gasteiger partial charge in [0.15, 0.2) is 6.29 Å². The van der Waals surface area contributed by atoms with Gasteiger partial charge in [-0.2, -0.15) is 0 Å². The van der Waals surface area contributed by atoms with Crippen molar-refractivity contribution in [3.05, 3.63) is 23.9 Å². The molecule has 2 unspecified atom stereocenters. The lowest BCUT2D eigenvalue weighted by atomic mass is 10.1. The van der Waals surface area contributed by atoms with E-state index < -0.39 is 8.07 Å². The van der Waals surface area contributed by atoms with E-state index in [2.05, 4.69) is 26.2 Å². The van der Waals surface area contributed by atoms with Crippen molar-refractivity contribution in [2.45, 2.75) is 57.2 Å². The number of rotatable bonds is 6. The molecule has 3 atom stereocenters. The maximum Gasteiger partial charge on any atom is 0.177 e. The van der Waals surface area contributed by atoms with E-state index in [-0.39, 0.29) is 17.8 Å². The number of alkyl halides is 1. The molecule has 4 heteroatoms. The Hall–Kier alpha value is -0.0931. The third-order valence-corrected chi connectivity index (χ3v) is 6.14. The topological polar surface area (TPSA) is 18.5 Å². The molecule has 0 bridgehead atoms. The van der Waals surface area contributed by atoms with Crippen LogP contribution in [0.2, 0.25) is 19.6 Å². The van der Waals surface area contributed by atoms with Crippen LogP contribution in [0.15, 0.2) is 23.9 Å². The summed E-state index contributed by atoms with van der Waals surface area (Å²) in [6.45, 7) is 13.7. The molecule has 1 aliphatic rings. The fourth-order valence-corrected chi connectivity index (χ4v) is 2.90. The van der Waals surface area contributed by atoms with Crippen LogP contribution >= 0.6 is 11.6 Å². The highest BCUT2D eigenvalue weighted by atomic mass is 35.5. The molecule has 104 valence electrons. The Balaban J connectivity index is 2.34. The van der Waals surface area contributed by atoms with E-state index in [0.717, 1.165) is 12.8 Å². The van der Waals surface area contributed by atoms with E-state index in [4.69, 9.17) is 21.1 Å². The van der Waals surface area contributed by atoms with E-state index in [0.29, 0.717) is 6.61 Å². The summed E-state index contributed by atoms with van der Waals surface area (Å²) in [4.78, 5) is 0. The summed E-state index contributed by atoms with van der Waals surface area (Å²) in [5.74, 6) is 0. The highest BCUT2D eigenvalue weighted by Gasteiger charge is 2.30. The number of hydrogen-bond acceptors (Lipinski definition) is 2. The molecular formula is C14H25ClO2Si. The number of ether oxygens (including phenoxy) is 2. The summed E-state index contributed by atoms with van der Waals surface area (Å²) < 4.78 is 11.2. The molecule has 1 rings (SSSR count). The van der Waals surface area contributed by atoms with E-state index in [1.807, 2.05) is 19.1 Å². The molecule has 18 heavy (non-hydrogen) atoms. The van der Waals surface area contributed by atoms with Crippen LogP contribution in [0, 0.1) is 0 Å². The second kappa shape index (κ2) is 6.90. The monoisotopic (exact) mass is 288 g/mol. The Morgan fingerprint density at radius 2 is 2.17 bits per heavy atom. The van der Waals surface area contributed by atoms with E-state index >= 15 is 0 Å². The SMILES string of the molecule is C=C(CCC(Cl)[C@@H]1COC(/C=C/C)O1)[Si](C)(C)C. The summed E-state index contributed by atoms with van der Waals surface area (Å²) in [6, 6.07) is 0. The van der Waals surface area contributed by atoms with Crippen molar-refractivity contribution in [1.82, 2.24) is 0 Å². The summed E-state index contributed by atoms with van der Waals surface area (Å²) in [6.07, 6.45) is 5.54. The van der Waals surface area contributed by atoms with Crippen molar-refractivity contribution in [1.29, 1.82) is 0 Å². The van der Waals surface area contributed by atoms with Gasteiger partial charge in [0.25, 0.3) is 0 Å². The fraction of sp³-hybridized carbons (Fsp3) is 0.714. The first-order chi connectivity index (χ1) is 8.34. The van der Waals surface area contributed by atoms with Crippen LogP contribution < -0.4 is 0 Å². The molecule has 0 aromatic rings. The van der Waals surface area contributed by atoms with Crippen LogP contribution in [-0.2, 0) is 9.47 Å². The largest absolute Gasteiger partial charge is 0.346 e. The van der Waals surface area contributed by atoms with Crippen LogP contribution in [0.3, 0.4) is 0 Å². The molecule has 0 spiro atoms. The average molecular weight is 289 g/mol. The van der Waals surface area contributed by atoms with Gasteiger partial charge in [-0.1, -0.05) is 30.9 Å². The van der Waals surface area contributed by atoms with Crippen LogP contribution in [0.4, 0.5) is 0 Å². The first kappa shape index (κ1) is 16.0. The minimum Gasteiger partial charge on any atom is -0.346 e. The Bertz CT molecular complexity index is 309. The van der Waals surface area contributed by atoms with E-state index in [9.17, 15) is 0 Å². The highest BCUT2D eigenvalue weighted by molar-refractivity contribution is 6.82. The molecule has 0 aliphatic carbocycles. The summed E-state index contributed by atoms with van der Waals surface area (Å²) in [5, 5.41) is 1.38. The molecule has 1 saturated heterocycles. The quantitative estimate of drug-likeness (QED) is 0.416. The van der Waals surface area contributed by atoms with Gasteiger partial charge in [0.2, 0.25) is 0 Å². The first-order valence-electron chi connectivity index (χ1n) is 6.56. The van der Waals surface area contributed by atoms with Gasteiger partial charge in [0.1, 0.15) is 6.10 Å². The molecule has 1 aliphatic heterocycles. The lowest BCUT2D eigenvalue weighted by Crippen LogP contribution is -2.27. The normalized spacial score (nSPS) is 26.7. The number of halogens is 1. The second-order valence-corrected chi connectivity index (χ2v) is 11.6. The smallest absolute Gasteiger partial charge is 0.177 e. The second-order valence-electron chi connectivity index (χ2n) is 5.81. The lowest BCUT2D eigenvalue weighted by molar-refractivity contribution is -0.0204. The van der Waals surface area contributed by atoms with Crippen molar-refractivity contribution >= 4 is 19.7 Å². The molecule has 0 radical (unpaired) electrons. The van der Waals surface area contributed by atoms with Gasteiger partial charge in [0.05, 0.1) is 20.1 Å². The Labute approximate surface area is 117 Å². The minimum atomic E-state index is -1.23. The molecule has 0 N–H and O–H groups in total. The first-order valence-corrected chi connectivity index (χ1v) is 10.5. The van der Waals surface area contributed by atoms with Crippen molar-refractivity contribution in [3.8, 4) is 0 Å². The zero-order valence-electron chi connectivity index (χ0n) is 11.9. The van der Waals surface area contributed by atoms with Crippen molar-refractivity contribution < 1.29 is 9.47 Å². The zero-order valence-corrected chi connectivity index (χ0v) is 13.7. The van der Waals surface area contributed by atoms with Gasteiger partial charge in [-0.3, -0.25) is 0 Å². The Kier molecular flexibility index (Phi) is 6.12. The predicted molar refractivity (Wildman–Crippen MR) is 80.8 cm³/mol. The molecule has 1 heterocycles. The third kappa shape index (κ3) is 4.88. The predicted octanol–water partition coefficient (Wildman–Crippen LogP) is 4.13. The Morgan fingerprint density at radius 3 is 2.72 bits per heavy atom. The van der Waals surface area contributed by atoms with Crippen LogP contribution in [0.1, 0.15) is 19.8 Å². The van der Waals surface area contributed by atoms with E-state index in [1.165, 1.54) is 5.20 Å². The molecule has 0 amide bonds. The highest BCUT2D eigenvalue weighted by Crippen LogP contribution is 2.25. The van der Waals surface area contributed by atoms with Crippen LogP contribution in [0.25, 0.3) is 0 Å². The third-order valence-electron chi connectivity index (χ3n) is 3.27. The summed E-state index contributed by atoms with van der Waals surface area (Å²) in [7, 11) is -1.23. The molecule has 0 saturated carbocycles. The molecule has 1 fully saturated rings. The lowest BCUT2D eigenvalue weighted by Gasteiger charge is -2.22. The molecule has 0 aromatic heterocycles. The summed E-state index contributed by atoms with van der Waals surface area (Å²) in [5.41, 5.74) is 0. The zero-order chi connectivity index (χ0) is 13.8. The average Bonchev–Trinajstić information content (AvgIpc) is 2.73. The Morgan fingerprint density at radius 1 is 1.50 bits per heavy atom. The molecular weight excluding hydrogens is 264 g/mol. The van der Waals surface area contributed by atoms with Crippen molar-refractivity contribution in [2.75, 3.05) is 6.61 Å². The molecule has 0 aromatic carbocycles. The fourth-order valence-electron chi connectivity index (χ4n) is 1.76. The standard InChI is InChI=1S/C14H25ClO2Si/c1-6-7-14-16-10-13(17-14)12(15)9-8-11(2)18(3,4)5/h6-7,12-14H,2,8-10H2,1,3-5H3/b7-6+/t12?,13-,14?/m0/s1. The van der Waals surface area contributed by atoms with E-state index in [1.54, 1.807) is 0 Å². The van der Waals surface area contributed by atoms with Crippen LogP contribution in [-0.4, -0.2) is 32.5 Å². The van der Waals surface area contributed by atoms with Gasteiger partial charge in [-0.05, 0) is 25.8 Å². The number of hydrogen-bond donors (Lipinski definition) is 0. The maximum atomic E-state index is 6.39. The molecule has 2 nitrogen and oxygen atoms in total. The van der Waals surface area contributed by atoms with Crippen LogP contribution in [0.5, 0.6) is 0 Å². The van der Waals surface area contributed by atoms with Gasteiger partial charge < -0.3 is 9.47 Å². The van der Waals surface area contributed by atoms with Gasteiger partial charge in [-0.25, -0.2) is 0 Å². The van der Waals surface area contributed by atoms with Crippen molar-refractivity contribution in [2.24, 2.45) is 0 Å². The van der Waals surface area contributed by atoms with Gasteiger partial charge >= 0.3 is 0 Å². The summed E-state index contributed by atoms with van der Waals surface area (Å²) >= 11 is 6.39.